The summed E-state index contributed by atoms with van der Waals surface area (Å²) < 4.78 is 35.2. The Bertz CT molecular complexity index is 159. The highest BCUT2D eigenvalue weighted by atomic mass is 35.5. The fourth-order valence-corrected chi connectivity index (χ4v) is 0.860. The fraction of sp³-hybridized carbons (Fsp3) is 0.833. The van der Waals surface area contributed by atoms with Gasteiger partial charge in [-0.1, -0.05) is 6.92 Å². The van der Waals surface area contributed by atoms with Crippen LogP contribution in [-0.2, 0) is 0 Å². The standard InChI is InChI=1S/C6H9ClF3NO/c1-2-3-11(5(7)12)4-6(8,9)10/h2-4H2,1H3. The van der Waals surface area contributed by atoms with E-state index >= 15 is 0 Å². The van der Waals surface area contributed by atoms with Crippen LogP contribution in [0.4, 0.5) is 18.0 Å². The van der Waals surface area contributed by atoms with E-state index < -0.39 is 18.1 Å². The second kappa shape index (κ2) is 4.54. The van der Waals surface area contributed by atoms with Crippen molar-refractivity contribution >= 4 is 17.0 Å². The highest BCUT2D eigenvalue weighted by Gasteiger charge is 2.31. The molecule has 6 heteroatoms. The lowest BCUT2D eigenvalue weighted by atomic mass is 10.4. The van der Waals surface area contributed by atoms with E-state index in [-0.39, 0.29) is 6.54 Å². The van der Waals surface area contributed by atoms with Crippen molar-refractivity contribution in [2.75, 3.05) is 13.1 Å². The van der Waals surface area contributed by atoms with Crippen LogP contribution >= 0.6 is 11.6 Å². The molecule has 0 aromatic heterocycles. The Morgan fingerprint density at radius 2 is 2.00 bits per heavy atom. The minimum absolute atomic E-state index is 0.0296. The number of alkyl halides is 3. The van der Waals surface area contributed by atoms with Gasteiger partial charge in [0, 0.05) is 6.54 Å². The van der Waals surface area contributed by atoms with Crippen molar-refractivity contribution in [3.05, 3.63) is 0 Å². The Labute approximate surface area is 73.3 Å². The van der Waals surface area contributed by atoms with Gasteiger partial charge in [0.05, 0.1) is 0 Å². The first-order valence-electron chi connectivity index (χ1n) is 3.38. The second-order valence-corrected chi connectivity index (χ2v) is 2.61. The van der Waals surface area contributed by atoms with Crippen LogP contribution in [0.5, 0.6) is 0 Å². The van der Waals surface area contributed by atoms with E-state index in [4.69, 9.17) is 11.6 Å². The molecule has 72 valence electrons. The Hall–Kier alpha value is -0.450. The molecule has 0 radical (unpaired) electrons. The molecule has 0 saturated carbocycles. The third-order valence-corrected chi connectivity index (χ3v) is 1.35. The monoisotopic (exact) mass is 203 g/mol. The molecule has 0 unspecified atom stereocenters. The molecule has 0 atom stereocenters. The number of hydrogen-bond acceptors (Lipinski definition) is 1. The van der Waals surface area contributed by atoms with Crippen molar-refractivity contribution in [3.8, 4) is 0 Å². The zero-order valence-electron chi connectivity index (χ0n) is 6.49. The van der Waals surface area contributed by atoms with Crippen LogP contribution in [-0.4, -0.2) is 29.5 Å². The Morgan fingerprint density at radius 3 is 2.25 bits per heavy atom. The van der Waals surface area contributed by atoms with Crippen LogP contribution < -0.4 is 0 Å². The topological polar surface area (TPSA) is 20.3 Å². The number of rotatable bonds is 3. The largest absolute Gasteiger partial charge is 0.406 e. The van der Waals surface area contributed by atoms with Crippen LogP contribution in [0.3, 0.4) is 0 Å². The first-order valence-corrected chi connectivity index (χ1v) is 3.75. The minimum Gasteiger partial charge on any atom is -0.320 e. The lowest BCUT2D eigenvalue weighted by molar-refractivity contribution is -0.139. The minimum atomic E-state index is -4.38. The van der Waals surface area contributed by atoms with Gasteiger partial charge in [-0.25, -0.2) is 0 Å². The predicted octanol–water partition coefficient (Wildman–Crippen LogP) is 2.62. The van der Waals surface area contributed by atoms with E-state index in [0.29, 0.717) is 11.3 Å². The van der Waals surface area contributed by atoms with Gasteiger partial charge in [-0.3, -0.25) is 4.79 Å². The molecule has 1 amide bonds. The summed E-state index contributed by atoms with van der Waals surface area (Å²) >= 11 is 4.92. The van der Waals surface area contributed by atoms with E-state index in [0.717, 1.165) is 0 Å². The molecule has 12 heavy (non-hydrogen) atoms. The molecule has 0 N–H and O–H groups in total. The molecule has 0 rings (SSSR count). The second-order valence-electron chi connectivity index (χ2n) is 2.29. The van der Waals surface area contributed by atoms with E-state index in [1.165, 1.54) is 0 Å². The molecule has 0 spiro atoms. The van der Waals surface area contributed by atoms with Gasteiger partial charge in [0.2, 0.25) is 0 Å². The van der Waals surface area contributed by atoms with Crippen LogP contribution in [0.25, 0.3) is 0 Å². The normalized spacial score (nSPS) is 11.4. The lowest BCUT2D eigenvalue weighted by Crippen LogP contribution is -2.36. The molecule has 0 aliphatic heterocycles. The van der Waals surface area contributed by atoms with Gasteiger partial charge in [-0.2, -0.15) is 13.2 Å². The van der Waals surface area contributed by atoms with Gasteiger partial charge in [-0.05, 0) is 18.0 Å². The first-order chi connectivity index (χ1) is 5.37. The number of carbonyl (C=O) groups excluding carboxylic acids is 1. The predicted molar refractivity (Wildman–Crippen MR) is 39.2 cm³/mol. The fourth-order valence-electron chi connectivity index (χ4n) is 0.715. The molecule has 0 bridgehead atoms. The van der Waals surface area contributed by atoms with Gasteiger partial charge in [-0.15, -0.1) is 0 Å². The van der Waals surface area contributed by atoms with Crippen LogP contribution in [0, 0.1) is 0 Å². The van der Waals surface area contributed by atoms with E-state index in [1.54, 1.807) is 6.92 Å². The molecule has 0 fully saturated rings. The molecular weight excluding hydrogens is 195 g/mol. The maximum atomic E-state index is 11.7. The van der Waals surface area contributed by atoms with Crippen LogP contribution in [0.15, 0.2) is 0 Å². The highest BCUT2D eigenvalue weighted by Crippen LogP contribution is 2.17. The summed E-state index contributed by atoms with van der Waals surface area (Å²) in [5, 5.41) is -1.06. The number of carbonyl (C=O) groups is 1. The Balaban J connectivity index is 4.05. The lowest BCUT2D eigenvalue weighted by Gasteiger charge is -2.19. The highest BCUT2D eigenvalue weighted by molar-refractivity contribution is 6.62. The van der Waals surface area contributed by atoms with Crippen molar-refractivity contribution in [2.24, 2.45) is 0 Å². The zero-order valence-corrected chi connectivity index (χ0v) is 7.24. The van der Waals surface area contributed by atoms with Crippen LogP contribution in [0.2, 0.25) is 0 Å². The maximum absolute atomic E-state index is 11.7. The maximum Gasteiger partial charge on any atom is 0.406 e. The molecule has 0 heterocycles. The summed E-state index contributed by atoms with van der Waals surface area (Å²) in [5.74, 6) is 0. The number of amides is 1. The van der Waals surface area contributed by atoms with Gasteiger partial charge in [0.1, 0.15) is 6.54 Å². The summed E-state index contributed by atoms with van der Waals surface area (Å²) in [6.45, 7) is 0.425. The molecule has 0 aromatic carbocycles. The summed E-state index contributed by atoms with van der Waals surface area (Å²) in [6.07, 6.45) is -3.92. The van der Waals surface area contributed by atoms with Crippen molar-refractivity contribution in [1.82, 2.24) is 4.90 Å². The average Bonchev–Trinajstić information content (AvgIpc) is 1.83. The summed E-state index contributed by atoms with van der Waals surface area (Å²) in [7, 11) is 0. The zero-order chi connectivity index (χ0) is 9.78. The van der Waals surface area contributed by atoms with E-state index in [1.807, 2.05) is 0 Å². The molecule has 2 nitrogen and oxygen atoms in total. The van der Waals surface area contributed by atoms with E-state index in [9.17, 15) is 18.0 Å². The van der Waals surface area contributed by atoms with Gasteiger partial charge in [0.15, 0.2) is 0 Å². The SMILES string of the molecule is CCCN(CC(F)(F)F)C(=O)Cl. The Kier molecular flexibility index (Phi) is 4.37. The van der Waals surface area contributed by atoms with Crippen molar-refractivity contribution < 1.29 is 18.0 Å². The third-order valence-electron chi connectivity index (χ3n) is 1.11. The smallest absolute Gasteiger partial charge is 0.320 e. The molecule has 0 aliphatic carbocycles. The quantitative estimate of drug-likeness (QED) is 0.510. The third kappa shape index (κ3) is 5.23. The summed E-state index contributed by atoms with van der Waals surface area (Å²) in [5.41, 5.74) is 0. The molecular formula is C6H9ClF3NO. The first kappa shape index (κ1) is 11.6. The number of nitrogens with zero attached hydrogens (tertiary/aromatic N) is 1. The van der Waals surface area contributed by atoms with E-state index in [2.05, 4.69) is 0 Å². The molecule has 0 saturated heterocycles. The molecule has 0 aliphatic rings. The average molecular weight is 204 g/mol. The van der Waals surface area contributed by atoms with Crippen molar-refractivity contribution in [2.45, 2.75) is 19.5 Å². The van der Waals surface area contributed by atoms with Gasteiger partial charge in [0.25, 0.3) is 0 Å². The van der Waals surface area contributed by atoms with Crippen molar-refractivity contribution in [1.29, 1.82) is 0 Å². The van der Waals surface area contributed by atoms with Crippen molar-refractivity contribution in [3.63, 3.8) is 0 Å². The number of hydrogen-bond donors (Lipinski definition) is 0. The molecule has 0 aromatic rings. The summed E-state index contributed by atoms with van der Waals surface area (Å²) in [6, 6.07) is 0. The van der Waals surface area contributed by atoms with Gasteiger partial charge >= 0.3 is 11.5 Å². The van der Waals surface area contributed by atoms with Crippen LogP contribution in [0.1, 0.15) is 13.3 Å². The van der Waals surface area contributed by atoms with Gasteiger partial charge < -0.3 is 4.90 Å². The Morgan fingerprint density at radius 1 is 1.50 bits per heavy atom. The summed E-state index contributed by atoms with van der Waals surface area (Å²) in [4.78, 5) is 11.0. The number of halogens is 4.